The van der Waals surface area contributed by atoms with Crippen LogP contribution in [-0.2, 0) is 12.0 Å². The second-order valence-electron chi connectivity index (χ2n) is 9.78. The molecule has 0 N–H and O–H groups in total. The lowest BCUT2D eigenvalue weighted by atomic mass is 9.64. The van der Waals surface area contributed by atoms with Gasteiger partial charge in [0, 0.05) is 23.3 Å². The molecule has 0 saturated heterocycles. The van der Waals surface area contributed by atoms with E-state index in [4.69, 9.17) is 9.26 Å². The normalized spacial score (nSPS) is 15.1. The van der Waals surface area contributed by atoms with Crippen LogP contribution in [0.4, 0.5) is 4.39 Å². The number of fused-ring (bicyclic) bond motifs is 1. The number of aromatic nitrogens is 3. The van der Waals surface area contributed by atoms with Gasteiger partial charge in [-0.2, -0.15) is 4.98 Å². The number of nitrogens with zero attached hydrogens (tertiary/aromatic N) is 3. The first kappa shape index (κ1) is 23.3. The highest BCUT2D eigenvalue weighted by Gasteiger charge is 2.38. The predicted octanol–water partition coefficient (Wildman–Crippen LogP) is 7.56. The molecule has 0 unspecified atom stereocenters. The SMILES string of the molecule is Cc1nc(-c2ccc(OCc3ccc4cc(F)ccc4n3)cc2C2(c3ccccc3)CCCCC2)no1. The molecule has 0 radical (unpaired) electrons. The van der Waals surface area contributed by atoms with E-state index in [9.17, 15) is 4.39 Å². The maximum absolute atomic E-state index is 13.5. The summed E-state index contributed by atoms with van der Waals surface area (Å²) in [5.41, 5.74) is 4.81. The van der Waals surface area contributed by atoms with Crippen LogP contribution in [0.1, 0.15) is 54.8 Å². The first-order chi connectivity index (χ1) is 18.1. The Kier molecular flexibility index (Phi) is 6.16. The molecular weight excluding hydrogens is 465 g/mol. The number of halogens is 1. The molecule has 5 nitrogen and oxygen atoms in total. The van der Waals surface area contributed by atoms with Crippen LogP contribution in [0.2, 0.25) is 0 Å². The molecule has 1 aliphatic carbocycles. The number of ether oxygens (including phenoxy) is 1. The third-order valence-corrected chi connectivity index (χ3v) is 7.40. The van der Waals surface area contributed by atoms with Gasteiger partial charge in [0.25, 0.3) is 0 Å². The first-order valence-electron chi connectivity index (χ1n) is 12.8. The first-order valence-corrected chi connectivity index (χ1v) is 12.8. The van der Waals surface area contributed by atoms with E-state index in [-0.39, 0.29) is 11.2 Å². The Hall–Kier alpha value is -4.06. The highest BCUT2D eigenvalue weighted by atomic mass is 19.1. The van der Waals surface area contributed by atoms with Gasteiger partial charge in [0.2, 0.25) is 11.7 Å². The fourth-order valence-electron chi connectivity index (χ4n) is 5.62. The summed E-state index contributed by atoms with van der Waals surface area (Å²) in [5, 5.41) is 5.03. The highest BCUT2D eigenvalue weighted by molar-refractivity contribution is 5.78. The molecule has 2 aromatic heterocycles. The zero-order valence-corrected chi connectivity index (χ0v) is 20.8. The third-order valence-electron chi connectivity index (χ3n) is 7.40. The van der Waals surface area contributed by atoms with Crippen LogP contribution in [0.15, 0.2) is 83.4 Å². The van der Waals surface area contributed by atoms with Gasteiger partial charge < -0.3 is 9.26 Å². The van der Waals surface area contributed by atoms with Gasteiger partial charge in [-0.15, -0.1) is 0 Å². The number of benzene rings is 3. The largest absolute Gasteiger partial charge is 0.487 e. The highest BCUT2D eigenvalue weighted by Crippen LogP contribution is 2.48. The van der Waals surface area contributed by atoms with Crippen molar-refractivity contribution in [2.45, 2.75) is 51.0 Å². The molecule has 6 rings (SSSR count). The van der Waals surface area contributed by atoms with E-state index in [2.05, 4.69) is 51.5 Å². The summed E-state index contributed by atoms with van der Waals surface area (Å²) in [6.45, 7) is 2.12. The monoisotopic (exact) mass is 493 g/mol. The minimum Gasteiger partial charge on any atom is -0.487 e. The lowest BCUT2D eigenvalue weighted by molar-refractivity contribution is 0.298. The van der Waals surface area contributed by atoms with Crippen molar-refractivity contribution in [1.29, 1.82) is 0 Å². The lowest BCUT2D eigenvalue weighted by Gasteiger charge is -2.39. The van der Waals surface area contributed by atoms with Crippen molar-refractivity contribution in [2.75, 3.05) is 0 Å². The number of pyridine rings is 1. The van der Waals surface area contributed by atoms with Gasteiger partial charge in [-0.05, 0) is 66.4 Å². The number of hydrogen-bond donors (Lipinski definition) is 0. The molecule has 1 saturated carbocycles. The molecular formula is C31H28FN3O2. The van der Waals surface area contributed by atoms with Gasteiger partial charge in [-0.1, -0.05) is 60.8 Å². The summed E-state index contributed by atoms with van der Waals surface area (Å²) in [6.07, 6.45) is 5.65. The summed E-state index contributed by atoms with van der Waals surface area (Å²) in [4.78, 5) is 9.21. The van der Waals surface area contributed by atoms with Gasteiger partial charge >= 0.3 is 0 Å². The minimum atomic E-state index is -0.266. The van der Waals surface area contributed by atoms with Crippen LogP contribution < -0.4 is 4.74 Å². The summed E-state index contributed by atoms with van der Waals surface area (Å²) < 4.78 is 25.2. The maximum Gasteiger partial charge on any atom is 0.223 e. The Morgan fingerprint density at radius 1 is 0.892 bits per heavy atom. The lowest BCUT2D eigenvalue weighted by Crippen LogP contribution is -2.31. The molecule has 1 fully saturated rings. The number of rotatable bonds is 6. The minimum absolute atomic E-state index is 0.159. The van der Waals surface area contributed by atoms with E-state index in [1.807, 2.05) is 31.2 Å². The van der Waals surface area contributed by atoms with Crippen LogP contribution in [-0.4, -0.2) is 15.1 Å². The van der Waals surface area contributed by atoms with E-state index < -0.39 is 0 Å². The van der Waals surface area contributed by atoms with Crippen molar-refractivity contribution in [3.63, 3.8) is 0 Å². The van der Waals surface area contributed by atoms with Crippen molar-refractivity contribution in [2.24, 2.45) is 0 Å². The molecule has 6 heteroatoms. The van der Waals surface area contributed by atoms with Crippen molar-refractivity contribution < 1.29 is 13.7 Å². The van der Waals surface area contributed by atoms with Crippen molar-refractivity contribution in [3.8, 4) is 17.1 Å². The molecule has 2 heterocycles. The van der Waals surface area contributed by atoms with E-state index in [1.54, 1.807) is 6.07 Å². The van der Waals surface area contributed by atoms with Crippen LogP contribution in [0.3, 0.4) is 0 Å². The van der Waals surface area contributed by atoms with Gasteiger partial charge in [-0.25, -0.2) is 9.37 Å². The fourth-order valence-corrected chi connectivity index (χ4v) is 5.62. The Morgan fingerprint density at radius 3 is 2.51 bits per heavy atom. The van der Waals surface area contributed by atoms with Crippen LogP contribution in [0.5, 0.6) is 5.75 Å². The van der Waals surface area contributed by atoms with E-state index in [1.165, 1.54) is 29.7 Å². The van der Waals surface area contributed by atoms with Gasteiger partial charge in [-0.3, -0.25) is 0 Å². The Balaban J connectivity index is 1.39. The van der Waals surface area contributed by atoms with Crippen LogP contribution in [0, 0.1) is 12.7 Å². The molecule has 3 aromatic carbocycles. The summed E-state index contributed by atoms with van der Waals surface area (Å²) in [6, 6.07) is 25.3. The van der Waals surface area contributed by atoms with E-state index >= 15 is 0 Å². The standard InChI is InChI=1S/C31H28FN3O2/c1-21-33-30(35-37-21)27-14-13-26(36-20-25-12-10-22-18-24(32)11-15-29(22)34-25)19-28(27)31(16-6-3-7-17-31)23-8-4-2-5-9-23/h2,4-5,8-15,18-19H,3,6-7,16-17,20H2,1H3. The number of hydrogen-bond acceptors (Lipinski definition) is 5. The van der Waals surface area contributed by atoms with Crippen molar-refractivity contribution >= 4 is 10.9 Å². The third kappa shape index (κ3) is 4.59. The topological polar surface area (TPSA) is 61.0 Å². The molecule has 37 heavy (non-hydrogen) atoms. The van der Waals surface area contributed by atoms with Crippen molar-refractivity contribution in [1.82, 2.24) is 15.1 Å². The molecule has 186 valence electrons. The molecule has 0 amide bonds. The molecule has 0 spiro atoms. The van der Waals surface area contributed by atoms with Crippen molar-refractivity contribution in [3.05, 3.63) is 107 Å². The van der Waals surface area contributed by atoms with E-state index in [0.29, 0.717) is 18.3 Å². The quantitative estimate of drug-likeness (QED) is 0.244. The molecule has 1 aliphatic rings. The second-order valence-corrected chi connectivity index (χ2v) is 9.78. The Labute approximate surface area is 215 Å². The zero-order chi connectivity index (χ0) is 25.2. The fraction of sp³-hybridized carbons (Fsp3) is 0.258. The molecule has 5 aromatic rings. The van der Waals surface area contributed by atoms with Crippen LogP contribution in [0.25, 0.3) is 22.3 Å². The second kappa shape index (κ2) is 9.77. The summed E-state index contributed by atoms with van der Waals surface area (Å²) in [7, 11) is 0. The van der Waals surface area contributed by atoms with Gasteiger partial charge in [0.15, 0.2) is 0 Å². The Morgan fingerprint density at radius 2 is 1.73 bits per heavy atom. The van der Waals surface area contributed by atoms with Gasteiger partial charge in [0.1, 0.15) is 18.2 Å². The van der Waals surface area contributed by atoms with Crippen LogP contribution >= 0.6 is 0 Å². The zero-order valence-electron chi connectivity index (χ0n) is 20.8. The average molecular weight is 494 g/mol. The molecule has 0 aliphatic heterocycles. The predicted molar refractivity (Wildman–Crippen MR) is 141 cm³/mol. The maximum atomic E-state index is 13.5. The smallest absolute Gasteiger partial charge is 0.223 e. The average Bonchev–Trinajstić information content (AvgIpc) is 3.38. The summed E-state index contributed by atoms with van der Waals surface area (Å²) in [5.74, 6) is 1.64. The summed E-state index contributed by atoms with van der Waals surface area (Å²) >= 11 is 0. The number of aryl methyl sites for hydroxylation is 1. The Bertz CT molecular complexity index is 1540. The van der Waals surface area contributed by atoms with Gasteiger partial charge in [0.05, 0.1) is 11.2 Å². The molecule has 0 bridgehead atoms. The van der Waals surface area contributed by atoms with E-state index in [0.717, 1.165) is 53.6 Å². The molecule has 0 atom stereocenters.